The second-order valence-electron chi connectivity index (χ2n) is 4.62. The van der Waals surface area contributed by atoms with E-state index in [4.69, 9.17) is 23.2 Å². The fourth-order valence-electron chi connectivity index (χ4n) is 2.37. The maximum atomic E-state index is 6.14. The molecule has 0 unspecified atom stereocenters. The molecule has 1 aliphatic rings. The molecule has 20 heavy (non-hydrogen) atoms. The van der Waals surface area contributed by atoms with Crippen LogP contribution in [0.5, 0.6) is 0 Å². The van der Waals surface area contributed by atoms with Gasteiger partial charge < -0.3 is 9.80 Å². The first-order valence-corrected chi connectivity index (χ1v) is 7.22. The van der Waals surface area contributed by atoms with E-state index < -0.39 is 0 Å². The summed E-state index contributed by atoms with van der Waals surface area (Å²) in [5.74, 6) is 0.722. The SMILES string of the molecule is Clc1ncc(Cl)c(N2CCN(c3ccccc3)CC2)n1. The molecule has 0 aliphatic carbocycles. The Morgan fingerprint density at radius 3 is 2.25 bits per heavy atom. The lowest BCUT2D eigenvalue weighted by Gasteiger charge is -2.36. The number of hydrogen-bond acceptors (Lipinski definition) is 4. The van der Waals surface area contributed by atoms with E-state index in [0.717, 1.165) is 32.0 Å². The molecule has 0 atom stereocenters. The van der Waals surface area contributed by atoms with Crippen LogP contribution in [0.4, 0.5) is 11.5 Å². The van der Waals surface area contributed by atoms with Crippen LogP contribution in [0.1, 0.15) is 0 Å². The van der Waals surface area contributed by atoms with E-state index in [2.05, 4.69) is 44.0 Å². The number of piperazine rings is 1. The number of aromatic nitrogens is 2. The average molecular weight is 309 g/mol. The molecule has 0 N–H and O–H groups in total. The van der Waals surface area contributed by atoms with Gasteiger partial charge in [-0.1, -0.05) is 29.8 Å². The summed E-state index contributed by atoms with van der Waals surface area (Å²) in [7, 11) is 0. The summed E-state index contributed by atoms with van der Waals surface area (Å²) in [5, 5.41) is 0.775. The predicted octanol–water partition coefficient (Wildman–Crippen LogP) is 3.11. The van der Waals surface area contributed by atoms with Crippen LogP contribution in [0.15, 0.2) is 36.5 Å². The Hall–Kier alpha value is -1.52. The molecule has 0 amide bonds. The molecule has 0 saturated carbocycles. The number of para-hydroxylation sites is 1. The van der Waals surface area contributed by atoms with Crippen LogP contribution < -0.4 is 9.80 Å². The van der Waals surface area contributed by atoms with Gasteiger partial charge in [-0.15, -0.1) is 0 Å². The van der Waals surface area contributed by atoms with E-state index in [0.29, 0.717) is 5.02 Å². The first kappa shape index (κ1) is 13.5. The van der Waals surface area contributed by atoms with Crippen LogP contribution in [0.2, 0.25) is 10.3 Å². The fourth-order valence-corrected chi connectivity index (χ4v) is 2.71. The molecule has 6 heteroatoms. The Bertz CT molecular complexity index is 583. The first-order valence-electron chi connectivity index (χ1n) is 6.47. The molecule has 0 radical (unpaired) electrons. The van der Waals surface area contributed by atoms with Crippen molar-refractivity contribution in [3.05, 3.63) is 46.8 Å². The van der Waals surface area contributed by atoms with Gasteiger partial charge in [-0.3, -0.25) is 0 Å². The molecule has 1 fully saturated rings. The molecule has 2 heterocycles. The third-order valence-corrected chi connectivity index (χ3v) is 3.85. The third-order valence-electron chi connectivity index (χ3n) is 3.40. The van der Waals surface area contributed by atoms with Gasteiger partial charge in [0.15, 0.2) is 5.82 Å². The number of benzene rings is 1. The van der Waals surface area contributed by atoms with Crippen LogP contribution >= 0.6 is 23.2 Å². The number of halogens is 2. The Morgan fingerprint density at radius 1 is 0.900 bits per heavy atom. The van der Waals surface area contributed by atoms with Gasteiger partial charge >= 0.3 is 0 Å². The van der Waals surface area contributed by atoms with Crippen LogP contribution in [-0.2, 0) is 0 Å². The highest BCUT2D eigenvalue weighted by Gasteiger charge is 2.20. The minimum absolute atomic E-state index is 0.231. The zero-order valence-corrected chi connectivity index (χ0v) is 12.3. The Morgan fingerprint density at radius 2 is 1.55 bits per heavy atom. The molecule has 0 bridgehead atoms. The number of rotatable bonds is 2. The lowest BCUT2D eigenvalue weighted by Crippen LogP contribution is -2.47. The van der Waals surface area contributed by atoms with Crippen LogP contribution in [0, 0.1) is 0 Å². The average Bonchev–Trinajstić information content (AvgIpc) is 2.51. The number of hydrogen-bond donors (Lipinski definition) is 0. The minimum Gasteiger partial charge on any atom is -0.368 e. The van der Waals surface area contributed by atoms with Crippen LogP contribution in [-0.4, -0.2) is 36.1 Å². The lowest BCUT2D eigenvalue weighted by atomic mass is 10.2. The monoisotopic (exact) mass is 308 g/mol. The lowest BCUT2D eigenvalue weighted by molar-refractivity contribution is 0.647. The standard InChI is InChI=1S/C14H14Cl2N4/c15-12-10-17-14(16)18-13(12)20-8-6-19(7-9-20)11-4-2-1-3-5-11/h1-5,10H,6-9H2. The van der Waals surface area contributed by atoms with Gasteiger partial charge in [0.05, 0.1) is 6.20 Å². The Balaban J connectivity index is 1.71. The Labute approximate surface area is 128 Å². The van der Waals surface area contributed by atoms with E-state index in [1.165, 1.54) is 5.69 Å². The van der Waals surface area contributed by atoms with E-state index in [9.17, 15) is 0 Å². The molecule has 4 nitrogen and oxygen atoms in total. The van der Waals surface area contributed by atoms with Gasteiger partial charge in [0.25, 0.3) is 0 Å². The third kappa shape index (κ3) is 2.81. The molecule has 1 aliphatic heterocycles. The maximum Gasteiger partial charge on any atom is 0.224 e. The number of nitrogens with zero attached hydrogens (tertiary/aromatic N) is 4. The topological polar surface area (TPSA) is 32.3 Å². The highest BCUT2D eigenvalue weighted by Crippen LogP contribution is 2.25. The van der Waals surface area contributed by atoms with Gasteiger partial charge in [-0.05, 0) is 23.7 Å². The van der Waals surface area contributed by atoms with Gasteiger partial charge in [0.2, 0.25) is 5.28 Å². The highest BCUT2D eigenvalue weighted by atomic mass is 35.5. The molecular weight excluding hydrogens is 295 g/mol. The summed E-state index contributed by atoms with van der Waals surface area (Å²) in [6.07, 6.45) is 1.55. The fraction of sp³-hybridized carbons (Fsp3) is 0.286. The van der Waals surface area contributed by atoms with Gasteiger partial charge in [-0.2, -0.15) is 4.98 Å². The van der Waals surface area contributed by atoms with Crippen molar-refractivity contribution in [1.82, 2.24) is 9.97 Å². The molecule has 1 saturated heterocycles. The van der Waals surface area contributed by atoms with Gasteiger partial charge in [-0.25, -0.2) is 4.98 Å². The molecule has 104 valence electrons. The van der Waals surface area contributed by atoms with Crippen molar-refractivity contribution in [1.29, 1.82) is 0 Å². The minimum atomic E-state index is 0.231. The smallest absolute Gasteiger partial charge is 0.224 e. The highest BCUT2D eigenvalue weighted by molar-refractivity contribution is 6.33. The first-order chi connectivity index (χ1) is 9.74. The second kappa shape index (κ2) is 5.85. The summed E-state index contributed by atoms with van der Waals surface area (Å²) < 4.78 is 0. The van der Waals surface area contributed by atoms with Crippen molar-refractivity contribution < 1.29 is 0 Å². The Kier molecular flexibility index (Phi) is 3.94. The molecule has 0 spiro atoms. The molecule has 1 aromatic carbocycles. The normalized spacial score (nSPS) is 15.5. The number of anilines is 2. The van der Waals surface area contributed by atoms with Crippen molar-refractivity contribution in [3.63, 3.8) is 0 Å². The van der Waals surface area contributed by atoms with Crippen molar-refractivity contribution in [2.75, 3.05) is 36.0 Å². The summed E-state index contributed by atoms with van der Waals surface area (Å²) in [6, 6.07) is 10.4. The molecule has 2 aromatic rings. The quantitative estimate of drug-likeness (QED) is 0.798. The maximum absolute atomic E-state index is 6.14. The largest absolute Gasteiger partial charge is 0.368 e. The van der Waals surface area contributed by atoms with Crippen LogP contribution in [0.25, 0.3) is 0 Å². The summed E-state index contributed by atoms with van der Waals surface area (Å²) in [6.45, 7) is 3.59. The van der Waals surface area contributed by atoms with E-state index in [-0.39, 0.29) is 5.28 Å². The zero-order valence-electron chi connectivity index (χ0n) is 10.8. The molecular formula is C14H14Cl2N4. The summed E-state index contributed by atoms with van der Waals surface area (Å²) in [4.78, 5) is 12.6. The second-order valence-corrected chi connectivity index (χ2v) is 5.37. The van der Waals surface area contributed by atoms with Crippen molar-refractivity contribution in [2.45, 2.75) is 0 Å². The van der Waals surface area contributed by atoms with Crippen molar-refractivity contribution >= 4 is 34.7 Å². The molecule has 3 rings (SSSR count). The van der Waals surface area contributed by atoms with Gasteiger partial charge in [0, 0.05) is 31.9 Å². The van der Waals surface area contributed by atoms with Crippen molar-refractivity contribution in [2.24, 2.45) is 0 Å². The van der Waals surface area contributed by atoms with E-state index in [1.807, 2.05) is 6.07 Å². The van der Waals surface area contributed by atoms with E-state index in [1.54, 1.807) is 6.20 Å². The predicted molar refractivity (Wildman–Crippen MR) is 82.9 cm³/mol. The zero-order chi connectivity index (χ0) is 13.9. The summed E-state index contributed by atoms with van der Waals surface area (Å²) >= 11 is 12.0. The van der Waals surface area contributed by atoms with Crippen molar-refractivity contribution in [3.8, 4) is 0 Å². The van der Waals surface area contributed by atoms with E-state index >= 15 is 0 Å². The van der Waals surface area contributed by atoms with Gasteiger partial charge in [0.1, 0.15) is 5.02 Å². The van der Waals surface area contributed by atoms with Crippen LogP contribution in [0.3, 0.4) is 0 Å². The summed E-state index contributed by atoms with van der Waals surface area (Å²) in [5.41, 5.74) is 1.25. The molecule has 1 aromatic heterocycles.